The highest BCUT2D eigenvalue weighted by Crippen LogP contribution is 2.34. The molecule has 2 rings (SSSR count). The minimum absolute atomic E-state index is 0.0155. The van der Waals surface area contributed by atoms with Crippen LogP contribution in [0.2, 0.25) is 0 Å². The summed E-state index contributed by atoms with van der Waals surface area (Å²) in [5.41, 5.74) is 0.441. The van der Waals surface area contributed by atoms with Crippen molar-refractivity contribution in [3.63, 3.8) is 0 Å². The lowest BCUT2D eigenvalue weighted by Gasteiger charge is -2.09. The summed E-state index contributed by atoms with van der Waals surface area (Å²) in [6.07, 6.45) is 0. The number of methoxy groups -OCH3 is 2. The van der Waals surface area contributed by atoms with Crippen LogP contribution in [0.25, 0.3) is 0 Å². The van der Waals surface area contributed by atoms with Crippen LogP contribution in [0.15, 0.2) is 28.5 Å². The van der Waals surface area contributed by atoms with Gasteiger partial charge in [0.2, 0.25) is 0 Å². The van der Waals surface area contributed by atoms with E-state index in [1.54, 1.807) is 0 Å². The molecule has 0 radical (unpaired) electrons. The zero-order valence-electron chi connectivity index (χ0n) is 15.5. The summed E-state index contributed by atoms with van der Waals surface area (Å²) in [5, 5.41) is 2.46. The second-order valence-electron chi connectivity index (χ2n) is 5.46. The molecule has 28 heavy (non-hydrogen) atoms. The number of hydrogen-bond donors (Lipinski definition) is 2. The third-order valence-electron chi connectivity index (χ3n) is 3.75. The molecule has 0 bridgehead atoms. The Bertz CT molecular complexity index is 1020. The van der Waals surface area contributed by atoms with E-state index in [4.69, 9.17) is 0 Å². The van der Waals surface area contributed by atoms with E-state index in [2.05, 4.69) is 19.5 Å². The number of anilines is 1. The number of carbonyl (C=O) groups excluding carboxylic acids is 3. The normalized spacial score (nSPS) is 10.9. The topological polar surface area (TPSA) is 128 Å². The lowest BCUT2D eigenvalue weighted by Crippen LogP contribution is -2.18. The smallest absolute Gasteiger partial charge is 0.348 e. The first-order valence-electron chi connectivity index (χ1n) is 7.81. The zero-order chi connectivity index (χ0) is 21.1. The van der Waals surface area contributed by atoms with Crippen LogP contribution in [0.4, 0.5) is 5.69 Å². The van der Waals surface area contributed by atoms with Crippen LogP contribution in [0.1, 0.15) is 36.0 Å². The quantitative estimate of drug-likeness (QED) is 0.674. The number of carbonyl (C=O) groups is 3. The van der Waals surface area contributed by atoms with Crippen LogP contribution < -0.4 is 10.0 Å². The molecular formula is C17H18N2O7S2. The molecule has 1 aromatic carbocycles. The highest BCUT2D eigenvalue weighted by Gasteiger charge is 2.32. The summed E-state index contributed by atoms with van der Waals surface area (Å²) >= 11 is 0.610. The second kappa shape index (κ2) is 8.40. The van der Waals surface area contributed by atoms with Gasteiger partial charge in [-0.15, -0.1) is 11.3 Å². The van der Waals surface area contributed by atoms with Crippen LogP contribution in [0.3, 0.4) is 0 Å². The number of thiophene rings is 1. The van der Waals surface area contributed by atoms with Crippen molar-refractivity contribution in [2.75, 3.05) is 26.0 Å². The Kier molecular flexibility index (Phi) is 6.41. The van der Waals surface area contributed by atoms with Crippen LogP contribution in [-0.4, -0.2) is 47.5 Å². The Morgan fingerprint density at radius 3 is 2.07 bits per heavy atom. The van der Waals surface area contributed by atoms with Crippen LogP contribution in [-0.2, 0) is 19.5 Å². The number of amides is 1. The van der Waals surface area contributed by atoms with E-state index in [-0.39, 0.29) is 31.8 Å². The molecule has 150 valence electrons. The van der Waals surface area contributed by atoms with Crippen molar-refractivity contribution in [1.82, 2.24) is 5.32 Å². The van der Waals surface area contributed by atoms with Gasteiger partial charge in [0.25, 0.3) is 15.9 Å². The standard InChI is InChI=1S/C17H18N2O7S2/c1-9-12(15(21)25-3)17(27-13(9)16(22)26-4)28(23,24)19-11-7-5-10(6-8-11)14(20)18-2/h5-8,19H,1-4H3,(H,18,20). The minimum Gasteiger partial charge on any atom is -0.465 e. The largest absolute Gasteiger partial charge is 0.465 e. The van der Waals surface area contributed by atoms with Crippen molar-refractivity contribution < 1.29 is 32.3 Å². The van der Waals surface area contributed by atoms with Gasteiger partial charge in [0, 0.05) is 18.3 Å². The predicted molar refractivity (Wildman–Crippen MR) is 102 cm³/mol. The first-order chi connectivity index (χ1) is 13.2. The SMILES string of the molecule is CNC(=O)c1ccc(NS(=O)(=O)c2sc(C(=O)OC)c(C)c2C(=O)OC)cc1. The Hall–Kier alpha value is -2.92. The summed E-state index contributed by atoms with van der Waals surface area (Å²) in [6, 6.07) is 5.69. The molecule has 2 aromatic rings. The van der Waals surface area contributed by atoms with Crippen molar-refractivity contribution in [3.05, 3.63) is 45.8 Å². The maximum absolute atomic E-state index is 12.9. The maximum Gasteiger partial charge on any atom is 0.348 e. The molecule has 2 N–H and O–H groups in total. The Morgan fingerprint density at radius 1 is 1.00 bits per heavy atom. The van der Waals surface area contributed by atoms with Gasteiger partial charge in [-0.3, -0.25) is 9.52 Å². The Balaban J connectivity index is 2.48. The number of rotatable bonds is 6. The number of sulfonamides is 1. The van der Waals surface area contributed by atoms with Gasteiger partial charge in [-0.25, -0.2) is 18.0 Å². The molecule has 0 spiro atoms. The van der Waals surface area contributed by atoms with Crippen LogP contribution >= 0.6 is 11.3 Å². The molecule has 11 heteroatoms. The van der Waals surface area contributed by atoms with Gasteiger partial charge < -0.3 is 14.8 Å². The van der Waals surface area contributed by atoms with Crippen LogP contribution in [0.5, 0.6) is 0 Å². The molecule has 9 nitrogen and oxygen atoms in total. The third kappa shape index (κ3) is 4.15. The van der Waals surface area contributed by atoms with E-state index < -0.39 is 22.0 Å². The van der Waals surface area contributed by atoms with Crippen molar-refractivity contribution in [2.24, 2.45) is 0 Å². The molecule has 0 aliphatic carbocycles. The molecule has 1 heterocycles. The summed E-state index contributed by atoms with van der Waals surface area (Å²) in [6.45, 7) is 1.44. The fourth-order valence-corrected chi connectivity index (χ4v) is 5.14. The van der Waals surface area contributed by atoms with E-state index in [1.165, 1.54) is 38.2 Å². The van der Waals surface area contributed by atoms with Gasteiger partial charge in [-0.1, -0.05) is 0 Å². The van der Waals surface area contributed by atoms with Gasteiger partial charge in [0.05, 0.1) is 19.8 Å². The van der Waals surface area contributed by atoms with E-state index in [0.29, 0.717) is 16.9 Å². The minimum atomic E-state index is -4.22. The zero-order valence-corrected chi connectivity index (χ0v) is 17.1. The molecule has 0 fully saturated rings. The molecule has 0 saturated carbocycles. The number of benzene rings is 1. The fourth-order valence-electron chi connectivity index (χ4n) is 2.34. The lowest BCUT2D eigenvalue weighted by molar-refractivity contribution is 0.0596. The molecule has 1 aromatic heterocycles. The number of hydrogen-bond acceptors (Lipinski definition) is 8. The summed E-state index contributed by atoms with van der Waals surface area (Å²) in [5.74, 6) is -1.97. The highest BCUT2D eigenvalue weighted by atomic mass is 32.2. The summed E-state index contributed by atoms with van der Waals surface area (Å²) in [4.78, 5) is 35.6. The first kappa shape index (κ1) is 21.4. The fraction of sp³-hybridized carbons (Fsp3) is 0.235. The van der Waals surface area contributed by atoms with Crippen molar-refractivity contribution in [2.45, 2.75) is 11.1 Å². The van der Waals surface area contributed by atoms with E-state index in [1.807, 2.05) is 0 Å². The first-order valence-corrected chi connectivity index (χ1v) is 10.1. The van der Waals surface area contributed by atoms with Gasteiger partial charge >= 0.3 is 11.9 Å². The monoisotopic (exact) mass is 426 g/mol. The Labute approximate surface area is 165 Å². The molecule has 0 unspecified atom stereocenters. The van der Waals surface area contributed by atoms with Crippen molar-refractivity contribution >= 4 is 44.9 Å². The second-order valence-corrected chi connectivity index (χ2v) is 8.36. The predicted octanol–water partition coefficient (Wildman–Crippen LogP) is 1.79. The number of ether oxygens (including phenoxy) is 2. The Morgan fingerprint density at radius 2 is 1.57 bits per heavy atom. The molecule has 0 aliphatic rings. The van der Waals surface area contributed by atoms with Gasteiger partial charge in [0.15, 0.2) is 4.21 Å². The van der Waals surface area contributed by atoms with Crippen molar-refractivity contribution in [1.29, 1.82) is 0 Å². The maximum atomic E-state index is 12.9. The van der Waals surface area contributed by atoms with Crippen LogP contribution in [0, 0.1) is 6.92 Å². The van der Waals surface area contributed by atoms with Gasteiger partial charge in [-0.2, -0.15) is 0 Å². The molecule has 0 atom stereocenters. The lowest BCUT2D eigenvalue weighted by atomic mass is 10.2. The number of nitrogens with one attached hydrogen (secondary N) is 2. The average Bonchev–Trinajstić information content (AvgIpc) is 3.04. The summed E-state index contributed by atoms with van der Waals surface area (Å²) in [7, 11) is -0.482. The van der Waals surface area contributed by atoms with E-state index in [9.17, 15) is 22.8 Å². The molecular weight excluding hydrogens is 408 g/mol. The summed E-state index contributed by atoms with van der Waals surface area (Å²) < 4.78 is 37.0. The highest BCUT2D eigenvalue weighted by molar-refractivity contribution is 7.94. The third-order valence-corrected chi connectivity index (χ3v) is 6.92. The van der Waals surface area contributed by atoms with E-state index in [0.717, 1.165) is 14.2 Å². The van der Waals surface area contributed by atoms with Crippen molar-refractivity contribution in [3.8, 4) is 0 Å². The van der Waals surface area contributed by atoms with Gasteiger partial charge in [-0.05, 0) is 36.8 Å². The molecule has 0 aliphatic heterocycles. The average molecular weight is 426 g/mol. The van der Waals surface area contributed by atoms with E-state index >= 15 is 0 Å². The molecule has 0 saturated heterocycles. The molecule has 1 amide bonds. The van der Waals surface area contributed by atoms with Gasteiger partial charge in [0.1, 0.15) is 4.88 Å². The number of esters is 2.